The molecule has 0 amide bonds. The van der Waals surface area contributed by atoms with Crippen molar-refractivity contribution in [2.45, 2.75) is 11.8 Å². The number of thiazole rings is 1. The fourth-order valence-corrected chi connectivity index (χ4v) is 6.65. The lowest BCUT2D eigenvalue weighted by atomic mass is 10.2. The van der Waals surface area contributed by atoms with E-state index in [1.54, 1.807) is 30.0 Å². The smallest absolute Gasteiger partial charge is 0.243 e. The Labute approximate surface area is 189 Å². The van der Waals surface area contributed by atoms with Gasteiger partial charge in [-0.2, -0.15) is 4.31 Å². The minimum absolute atomic E-state index is 0.0483. The van der Waals surface area contributed by atoms with Crippen LogP contribution in [0.5, 0.6) is 0 Å². The van der Waals surface area contributed by atoms with Crippen LogP contribution in [0.4, 0.5) is 5.69 Å². The van der Waals surface area contributed by atoms with Crippen molar-refractivity contribution in [3.63, 3.8) is 0 Å². The number of ether oxygens (including phenoxy) is 1. The van der Waals surface area contributed by atoms with Gasteiger partial charge in [0.1, 0.15) is 16.6 Å². The Hall–Kier alpha value is -2.79. The molecule has 2 aliphatic heterocycles. The van der Waals surface area contributed by atoms with E-state index >= 15 is 0 Å². The average Bonchev–Trinajstić information content (AvgIpc) is 3.34. The monoisotopic (exact) mass is 470 g/mol. The summed E-state index contributed by atoms with van der Waals surface area (Å²) in [6.07, 6.45) is 0. The third-order valence-corrected chi connectivity index (χ3v) is 8.78. The summed E-state index contributed by atoms with van der Waals surface area (Å²) in [6.45, 7) is 3.22. The van der Waals surface area contributed by atoms with Gasteiger partial charge in [-0.15, -0.1) is 11.3 Å². The number of para-hydroxylation sites is 1. The number of rotatable bonds is 4. The average molecular weight is 471 g/mol. The van der Waals surface area contributed by atoms with Crippen molar-refractivity contribution in [1.29, 1.82) is 5.41 Å². The van der Waals surface area contributed by atoms with Crippen LogP contribution in [0.3, 0.4) is 0 Å². The highest BCUT2D eigenvalue weighted by molar-refractivity contribution is 7.89. The molecular formula is C22H22N4O4S2. The topological polar surface area (TPSA) is 107 Å². The number of morpholine rings is 1. The van der Waals surface area contributed by atoms with Crippen molar-refractivity contribution >= 4 is 48.7 Å². The Kier molecular flexibility index (Phi) is 5.25. The first-order valence-corrected chi connectivity index (χ1v) is 12.4. The van der Waals surface area contributed by atoms with Crippen molar-refractivity contribution < 1.29 is 18.3 Å². The fraction of sp³-hybridized carbons (Fsp3) is 0.273. The molecule has 0 spiro atoms. The number of benzene rings is 2. The molecule has 10 heteroatoms. The van der Waals surface area contributed by atoms with Crippen LogP contribution in [0.15, 0.2) is 53.1 Å². The Morgan fingerprint density at radius 2 is 1.91 bits per heavy atom. The molecule has 0 unspecified atom stereocenters. The van der Waals surface area contributed by atoms with E-state index in [9.17, 15) is 13.5 Å². The van der Waals surface area contributed by atoms with Crippen LogP contribution in [0.1, 0.15) is 10.6 Å². The van der Waals surface area contributed by atoms with Crippen molar-refractivity contribution in [3.8, 4) is 0 Å². The first kappa shape index (κ1) is 21.1. The summed E-state index contributed by atoms with van der Waals surface area (Å²) in [5.41, 5.74) is 2.36. The zero-order valence-corrected chi connectivity index (χ0v) is 19.0. The molecule has 1 saturated heterocycles. The molecule has 2 aromatic carbocycles. The molecule has 0 aliphatic carbocycles. The van der Waals surface area contributed by atoms with Gasteiger partial charge in [0.25, 0.3) is 0 Å². The van der Waals surface area contributed by atoms with Crippen molar-refractivity contribution in [2.75, 3.05) is 37.7 Å². The summed E-state index contributed by atoms with van der Waals surface area (Å²) >= 11 is 1.42. The van der Waals surface area contributed by atoms with Crippen LogP contribution in [0.25, 0.3) is 15.8 Å². The number of sulfonamides is 1. The molecule has 5 rings (SSSR count). The molecule has 0 bridgehead atoms. The third kappa shape index (κ3) is 3.49. The van der Waals surface area contributed by atoms with Crippen LogP contribution in [0, 0.1) is 12.3 Å². The SMILES string of the molecule is Cc1ccc(N2CC(O)=C(c3nc4ccccc4s3)C2=N)cc1S(=O)(=O)N1CCOCC1. The van der Waals surface area contributed by atoms with Crippen LogP contribution in [-0.4, -0.2) is 61.5 Å². The van der Waals surface area contributed by atoms with Gasteiger partial charge in [0.05, 0.1) is 40.4 Å². The molecule has 166 valence electrons. The van der Waals surface area contributed by atoms with Crippen LogP contribution in [0.2, 0.25) is 0 Å². The van der Waals surface area contributed by atoms with Crippen LogP contribution in [-0.2, 0) is 14.8 Å². The van der Waals surface area contributed by atoms with Gasteiger partial charge in [-0.05, 0) is 36.8 Å². The highest BCUT2D eigenvalue weighted by atomic mass is 32.2. The molecule has 1 fully saturated rings. The summed E-state index contributed by atoms with van der Waals surface area (Å²) in [6, 6.07) is 12.8. The fourth-order valence-electron chi connectivity index (χ4n) is 3.96. The van der Waals surface area contributed by atoms with Gasteiger partial charge in [0, 0.05) is 18.8 Å². The first-order valence-electron chi connectivity index (χ1n) is 10.2. The predicted molar refractivity (Wildman–Crippen MR) is 125 cm³/mol. The standard InChI is InChI=1S/C22H22N4O4S2/c1-14-6-7-15(12-19(14)32(28,29)25-8-10-30-11-9-25)26-13-17(27)20(21(26)23)22-24-16-4-2-3-5-18(16)31-22/h2-7,12,23,27H,8-11,13H2,1H3. The molecule has 3 heterocycles. The molecule has 2 aliphatic rings. The maximum Gasteiger partial charge on any atom is 0.243 e. The Balaban J connectivity index is 1.48. The molecular weight excluding hydrogens is 448 g/mol. The molecule has 3 aromatic rings. The summed E-state index contributed by atoms with van der Waals surface area (Å²) in [5, 5.41) is 20.0. The zero-order chi connectivity index (χ0) is 22.5. The Morgan fingerprint density at radius 1 is 1.16 bits per heavy atom. The number of hydrogen-bond donors (Lipinski definition) is 2. The van der Waals surface area contributed by atoms with E-state index in [1.165, 1.54) is 15.6 Å². The van der Waals surface area contributed by atoms with E-state index in [0.717, 1.165) is 10.2 Å². The van der Waals surface area contributed by atoms with E-state index in [0.29, 0.717) is 48.1 Å². The lowest BCUT2D eigenvalue weighted by molar-refractivity contribution is 0.0730. The number of fused-ring (bicyclic) bond motifs is 1. The van der Waals surface area contributed by atoms with Gasteiger partial charge in [0.2, 0.25) is 10.0 Å². The zero-order valence-electron chi connectivity index (χ0n) is 17.4. The number of nitrogens with one attached hydrogen (secondary N) is 1. The highest BCUT2D eigenvalue weighted by Gasteiger charge is 2.33. The van der Waals surface area contributed by atoms with E-state index < -0.39 is 10.0 Å². The second-order valence-corrected chi connectivity index (χ2v) is 10.6. The van der Waals surface area contributed by atoms with Gasteiger partial charge in [-0.25, -0.2) is 13.4 Å². The number of amidine groups is 1. The van der Waals surface area contributed by atoms with E-state index in [1.807, 2.05) is 24.3 Å². The molecule has 8 nitrogen and oxygen atoms in total. The molecule has 1 aromatic heterocycles. The Morgan fingerprint density at radius 3 is 2.66 bits per heavy atom. The molecule has 32 heavy (non-hydrogen) atoms. The molecule has 0 saturated carbocycles. The lowest BCUT2D eigenvalue weighted by Crippen LogP contribution is -2.41. The molecule has 0 atom stereocenters. The third-order valence-electron chi connectivity index (χ3n) is 5.68. The Bertz CT molecular complexity index is 1320. The first-order chi connectivity index (χ1) is 15.4. The highest BCUT2D eigenvalue weighted by Crippen LogP contribution is 2.36. The second-order valence-electron chi connectivity index (χ2n) is 7.71. The van der Waals surface area contributed by atoms with Gasteiger partial charge in [-0.1, -0.05) is 18.2 Å². The number of aliphatic hydroxyl groups is 1. The van der Waals surface area contributed by atoms with Gasteiger partial charge in [0.15, 0.2) is 0 Å². The van der Waals surface area contributed by atoms with Crippen LogP contribution < -0.4 is 4.90 Å². The lowest BCUT2D eigenvalue weighted by Gasteiger charge is -2.27. The summed E-state index contributed by atoms with van der Waals surface area (Å²) in [5.74, 6) is 0.146. The molecule has 2 N–H and O–H groups in total. The van der Waals surface area contributed by atoms with Crippen molar-refractivity contribution in [1.82, 2.24) is 9.29 Å². The number of hydrogen-bond acceptors (Lipinski definition) is 7. The van der Waals surface area contributed by atoms with Crippen LogP contribution >= 0.6 is 11.3 Å². The summed E-state index contributed by atoms with van der Waals surface area (Å²) in [7, 11) is -3.69. The van der Waals surface area contributed by atoms with E-state index in [4.69, 9.17) is 10.1 Å². The maximum atomic E-state index is 13.2. The minimum Gasteiger partial charge on any atom is -0.510 e. The van der Waals surface area contributed by atoms with E-state index in [-0.39, 0.29) is 23.0 Å². The second kappa shape index (κ2) is 7.96. The number of aliphatic hydroxyl groups excluding tert-OH is 1. The minimum atomic E-state index is -3.69. The quantitative estimate of drug-likeness (QED) is 0.605. The summed E-state index contributed by atoms with van der Waals surface area (Å²) in [4.78, 5) is 6.39. The number of aryl methyl sites for hydroxylation is 1. The largest absolute Gasteiger partial charge is 0.510 e. The molecule has 0 radical (unpaired) electrons. The predicted octanol–water partition coefficient (Wildman–Crippen LogP) is 3.39. The summed E-state index contributed by atoms with van der Waals surface area (Å²) < 4.78 is 34.2. The number of aromatic nitrogens is 1. The van der Waals surface area contributed by atoms with Gasteiger partial charge < -0.3 is 14.7 Å². The van der Waals surface area contributed by atoms with Crippen molar-refractivity contribution in [2.24, 2.45) is 0 Å². The van der Waals surface area contributed by atoms with Crippen molar-refractivity contribution in [3.05, 3.63) is 58.8 Å². The van der Waals surface area contributed by atoms with Gasteiger partial charge in [-0.3, -0.25) is 5.41 Å². The van der Waals surface area contributed by atoms with E-state index in [2.05, 4.69) is 4.98 Å². The maximum absolute atomic E-state index is 13.2. The number of nitrogens with zero attached hydrogens (tertiary/aromatic N) is 3. The number of anilines is 1. The normalized spacial score (nSPS) is 18.2. The van der Waals surface area contributed by atoms with Gasteiger partial charge >= 0.3 is 0 Å².